The Kier molecular flexibility index (Phi) is 4.95. The summed E-state index contributed by atoms with van der Waals surface area (Å²) in [5.74, 6) is -2.17. The summed E-state index contributed by atoms with van der Waals surface area (Å²) in [7, 11) is 0. The molecule has 0 radical (unpaired) electrons. The zero-order chi connectivity index (χ0) is 22.7. The van der Waals surface area contributed by atoms with Crippen molar-refractivity contribution in [2.75, 3.05) is 0 Å². The smallest absolute Gasteiger partial charge is 0.194 e. The largest absolute Gasteiger partial charge is 0.507 e. The van der Waals surface area contributed by atoms with Gasteiger partial charge in [0, 0.05) is 23.4 Å². The zero-order valence-electron chi connectivity index (χ0n) is 18.2. The molecule has 1 aromatic rings. The molecular formula is C24H27NO6. The lowest BCUT2D eigenvalue weighted by Crippen LogP contribution is -2.42. The summed E-state index contributed by atoms with van der Waals surface area (Å²) in [6.45, 7) is 6.03. The lowest BCUT2D eigenvalue weighted by molar-refractivity contribution is -0.123. The van der Waals surface area contributed by atoms with Crippen LogP contribution < -0.4 is 10.1 Å². The monoisotopic (exact) mass is 425 g/mol. The van der Waals surface area contributed by atoms with Crippen LogP contribution in [0.15, 0.2) is 23.1 Å². The van der Waals surface area contributed by atoms with Gasteiger partial charge >= 0.3 is 0 Å². The number of hydrogen-bond donors (Lipinski definition) is 3. The fraction of sp³-hybridized carbons (Fsp3) is 0.458. The van der Waals surface area contributed by atoms with Crippen molar-refractivity contribution in [3.05, 3.63) is 39.8 Å². The van der Waals surface area contributed by atoms with Gasteiger partial charge in [0.05, 0.1) is 11.1 Å². The molecule has 7 nitrogen and oxygen atoms in total. The van der Waals surface area contributed by atoms with E-state index in [1.165, 1.54) is 26.3 Å². The van der Waals surface area contributed by atoms with Gasteiger partial charge in [-0.05, 0) is 40.5 Å². The number of Topliss-reactive ketones (excluding diaryl/α,β-unsaturated/α-hetero) is 2. The van der Waals surface area contributed by atoms with Crippen molar-refractivity contribution in [1.82, 2.24) is 5.32 Å². The molecule has 3 aliphatic rings. The first kappa shape index (κ1) is 21.2. The molecule has 1 saturated carbocycles. The Hall–Kier alpha value is -3.09. The van der Waals surface area contributed by atoms with E-state index >= 15 is 0 Å². The molecule has 1 aromatic carbocycles. The van der Waals surface area contributed by atoms with Gasteiger partial charge in [-0.25, -0.2) is 0 Å². The van der Waals surface area contributed by atoms with E-state index in [-0.39, 0.29) is 45.6 Å². The van der Waals surface area contributed by atoms with Crippen molar-refractivity contribution in [3.8, 4) is 17.2 Å². The van der Waals surface area contributed by atoms with Crippen molar-refractivity contribution < 1.29 is 29.3 Å². The van der Waals surface area contributed by atoms with Crippen LogP contribution in [-0.4, -0.2) is 33.6 Å². The van der Waals surface area contributed by atoms with Gasteiger partial charge in [-0.3, -0.25) is 14.4 Å². The molecule has 1 heterocycles. The number of aromatic hydroxyl groups is 2. The summed E-state index contributed by atoms with van der Waals surface area (Å²) in [6, 6.07) is 0.212. The van der Waals surface area contributed by atoms with Crippen LogP contribution in [0.5, 0.6) is 17.2 Å². The molecule has 0 aromatic heterocycles. The highest BCUT2D eigenvalue weighted by molar-refractivity contribution is 6.31. The van der Waals surface area contributed by atoms with Gasteiger partial charge in [0.2, 0.25) is 0 Å². The van der Waals surface area contributed by atoms with E-state index < -0.39 is 28.5 Å². The number of carbonyl (C=O) groups excluding carboxylic acids is 3. The van der Waals surface area contributed by atoms with E-state index in [1.54, 1.807) is 13.8 Å². The maximum Gasteiger partial charge on any atom is 0.194 e. The van der Waals surface area contributed by atoms with Crippen LogP contribution in [0.1, 0.15) is 74.4 Å². The second-order valence-electron chi connectivity index (χ2n) is 8.87. The Labute approximate surface area is 180 Å². The zero-order valence-corrected chi connectivity index (χ0v) is 18.2. The summed E-state index contributed by atoms with van der Waals surface area (Å²) in [4.78, 5) is 38.9. The Balaban J connectivity index is 1.87. The average molecular weight is 425 g/mol. The maximum atomic E-state index is 13.7. The summed E-state index contributed by atoms with van der Waals surface area (Å²) in [5.41, 5.74) is -0.844. The van der Waals surface area contributed by atoms with Gasteiger partial charge in [-0.1, -0.05) is 19.3 Å². The van der Waals surface area contributed by atoms with Crippen molar-refractivity contribution >= 4 is 17.3 Å². The Morgan fingerprint density at radius 3 is 2.39 bits per heavy atom. The first-order valence-electron chi connectivity index (χ1n) is 10.7. The number of hydrogen-bond acceptors (Lipinski definition) is 7. The molecule has 2 aliphatic carbocycles. The van der Waals surface area contributed by atoms with Gasteiger partial charge in [0.1, 0.15) is 34.0 Å². The molecule has 0 spiro atoms. The minimum absolute atomic E-state index is 0.0303. The molecule has 4 rings (SSSR count). The molecule has 7 heteroatoms. The van der Waals surface area contributed by atoms with Crippen molar-refractivity contribution in [2.45, 2.75) is 71.3 Å². The third kappa shape index (κ3) is 2.98. The second kappa shape index (κ2) is 7.25. The summed E-state index contributed by atoms with van der Waals surface area (Å²) in [5, 5.41) is 24.6. The molecule has 164 valence electrons. The predicted molar refractivity (Wildman–Crippen MR) is 113 cm³/mol. The Morgan fingerprint density at radius 1 is 1.13 bits per heavy atom. The Bertz CT molecular complexity index is 1090. The number of phenolic OH excluding ortho intramolecular Hbond substituents is 2. The topological polar surface area (TPSA) is 113 Å². The predicted octanol–water partition coefficient (Wildman–Crippen LogP) is 3.49. The SMILES string of the molecule is CC(=O)c1c(O)c(C)c(O)c2c1OC1=CC(=O)/C(=C(/C)NC3CCCCC3)C(=O)[C@]12C. The number of fused-ring (bicyclic) bond motifs is 3. The number of phenols is 2. The highest BCUT2D eigenvalue weighted by Crippen LogP contribution is 2.57. The van der Waals surface area contributed by atoms with Crippen LogP contribution in [0.2, 0.25) is 0 Å². The number of carbonyl (C=O) groups is 3. The van der Waals surface area contributed by atoms with Crippen molar-refractivity contribution in [2.24, 2.45) is 0 Å². The average Bonchev–Trinajstić information content (AvgIpc) is 3.00. The first-order valence-corrected chi connectivity index (χ1v) is 10.7. The van der Waals surface area contributed by atoms with Crippen LogP contribution >= 0.6 is 0 Å². The minimum atomic E-state index is -1.47. The van der Waals surface area contributed by atoms with E-state index in [1.807, 2.05) is 0 Å². The minimum Gasteiger partial charge on any atom is -0.507 e. The van der Waals surface area contributed by atoms with E-state index in [0.29, 0.717) is 5.70 Å². The van der Waals surface area contributed by atoms with Gasteiger partial charge in [0.15, 0.2) is 17.3 Å². The first-order chi connectivity index (χ1) is 14.6. The number of allylic oxidation sites excluding steroid dienone is 4. The van der Waals surface area contributed by atoms with Crippen LogP contribution in [0.25, 0.3) is 0 Å². The number of benzene rings is 1. The van der Waals surface area contributed by atoms with Gasteiger partial charge in [0.25, 0.3) is 0 Å². The van der Waals surface area contributed by atoms with E-state index in [9.17, 15) is 24.6 Å². The van der Waals surface area contributed by atoms with E-state index in [0.717, 1.165) is 25.7 Å². The van der Waals surface area contributed by atoms with Crippen LogP contribution in [0.3, 0.4) is 0 Å². The fourth-order valence-electron chi connectivity index (χ4n) is 4.99. The third-order valence-electron chi connectivity index (χ3n) is 6.79. The fourth-order valence-corrected chi connectivity index (χ4v) is 4.99. The van der Waals surface area contributed by atoms with Crippen molar-refractivity contribution in [1.29, 1.82) is 0 Å². The number of nitrogens with one attached hydrogen (secondary N) is 1. The molecule has 3 N–H and O–H groups in total. The Morgan fingerprint density at radius 2 is 1.77 bits per heavy atom. The summed E-state index contributed by atoms with van der Waals surface area (Å²) >= 11 is 0. The molecular weight excluding hydrogens is 398 g/mol. The molecule has 1 fully saturated rings. The van der Waals surface area contributed by atoms with Crippen LogP contribution in [0, 0.1) is 6.92 Å². The van der Waals surface area contributed by atoms with Gasteiger partial charge < -0.3 is 20.3 Å². The second-order valence-corrected chi connectivity index (χ2v) is 8.87. The van der Waals surface area contributed by atoms with Gasteiger partial charge in [-0.15, -0.1) is 0 Å². The maximum absolute atomic E-state index is 13.7. The van der Waals surface area contributed by atoms with Crippen LogP contribution in [-0.2, 0) is 15.0 Å². The third-order valence-corrected chi connectivity index (χ3v) is 6.79. The normalized spacial score (nSPS) is 24.8. The summed E-state index contributed by atoms with van der Waals surface area (Å²) < 4.78 is 5.78. The van der Waals surface area contributed by atoms with E-state index in [2.05, 4.69) is 5.32 Å². The van der Waals surface area contributed by atoms with Gasteiger partial charge in [-0.2, -0.15) is 0 Å². The quantitative estimate of drug-likeness (QED) is 0.386. The highest BCUT2D eigenvalue weighted by atomic mass is 16.5. The van der Waals surface area contributed by atoms with E-state index in [4.69, 9.17) is 4.74 Å². The lowest BCUT2D eigenvalue weighted by atomic mass is 9.70. The molecule has 1 aliphatic heterocycles. The summed E-state index contributed by atoms with van der Waals surface area (Å²) in [6.07, 6.45) is 6.62. The molecule has 1 atom stereocenters. The molecule has 0 saturated heterocycles. The highest BCUT2D eigenvalue weighted by Gasteiger charge is 2.56. The lowest BCUT2D eigenvalue weighted by Gasteiger charge is -2.30. The number of ketones is 3. The number of rotatable bonds is 3. The molecule has 0 amide bonds. The standard InChI is InChI=1S/C24H27NO6/c1-11-20(28)18(13(3)26)22-19(21(11)29)24(4)16(31-22)10-15(27)17(23(24)30)12(2)25-14-8-6-5-7-9-14/h10,14,25,28-29H,5-9H2,1-4H3/b17-12+/t24-/m1/s1. The van der Waals surface area contributed by atoms with Crippen molar-refractivity contribution in [3.63, 3.8) is 0 Å². The number of ether oxygens (including phenoxy) is 1. The molecule has 0 unspecified atom stereocenters. The van der Waals surface area contributed by atoms with Crippen LogP contribution in [0.4, 0.5) is 0 Å². The molecule has 0 bridgehead atoms. The molecule has 31 heavy (non-hydrogen) atoms.